The molecule has 0 aliphatic heterocycles. The predicted octanol–water partition coefficient (Wildman–Crippen LogP) is 2.72. The normalized spacial score (nSPS) is 11.8. The van der Waals surface area contributed by atoms with E-state index in [1.54, 1.807) is 6.08 Å². The van der Waals surface area contributed by atoms with Gasteiger partial charge in [-0.3, -0.25) is 0 Å². The number of nitrogens with zero attached hydrogens (tertiary/aromatic N) is 1. The summed E-state index contributed by atoms with van der Waals surface area (Å²) in [5, 5.41) is 0. The molecule has 0 saturated heterocycles. The van der Waals surface area contributed by atoms with Crippen molar-refractivity contribution >= 4 is 22.0 Å². The molecule has 0 saturated carbocycles. The van der Waals surface area contributed by atoms with Gasteiger partial charge in [0.15, 0.2) is 0 Å². The van der Waals surface area contributed by atoms with Gasteiger partial charge in [0.2, 0.25) is 6.08 Å². The predicted molar refractivity (Wildman–Crippen MR) is 55.4 cm³/mol. The molecular weight excluding hydrogens is 230 g/mol. The number of isocyanates is 1. The third-order valence-corrected chi connectivity index (χ3v) is 2.25. The van der Waals surface area contributed by atoms with Crippen molar-refractivity contribution in [3.63, 3.8) is 0 Å². The molecule has 0 spiro atoms. The maximum atomic E-state index is 9.96. The smallest absolute Gasteiger partial charge is 0.211 e. The van der Waals surface area contributed by atoms with Gasteiger partial charge in [-0.15, -0.1) is 0 Å². The number of hydrogen-bond acceptors (Lipinski definition) is 2. The van der Waals surface area contributed by atoms with Crippen molar-refractivity contribution in [2.45, 2.75) is 19.4 Å². The minimum atomic E-state index is 0.0127. The minimum Gasteiger partial charge on any atom is -0.211 e. The van der Waals surface area contributed by atoms with Crippen molar-refractivity contribution in [3.05, 3.63) is 34.3 Å². The molecule has 0 fully saturated rings. The molecule has 0 aromatic heterocycles. The third kappa shape index (κ3) is 3.53. The van der Waals surface area contributed by atoms with Crippen LogP contribution in [-0.4, -0.2) is 12.1 Å². The van der Waals surface area contributed by atoms with Crippen LogP contribution in [0, 0.1) is 0 Å². The van der Waals surface area contributed by atoms with Crippen molar-refractivity contribution in [1.29, 1.82) is 0 Å². The summed E-state index contributed by atoms with van der Waals surface area (Å²) in [5.41, 5.74) is 1.18. The van der Waals surface area contributed by atoms with E-state index < -0.39 is 0 Å². The van der Waals surface area contributed by atoms with Crippen LogP contribution in [-0.2, 0) is 11.2 Å². The number of rotatable bonds is 3. The van der Waals surface area contributed by atoms with Gasteiger partial charge in [-0.05, 0) is 31.0 Å². The van der Waals surface area contributed by atoms with Gasteiger partial charge in [-0.2, -0.15) is 0 Å². The molecule has 1 unspecified atom stereocenters. The first kappa shape index (κ1) is 10.2. The molecule has 1 atom stereocenters. The van der Waals surface area contributed by atoms with Crippen LogP contribution in [0.4, 0.5) is 0 Å². The molecule has 3 heteroatoms. The van der Waals surface area contributed by atoms with E-state index in [2.05, 4.69) is 20.9 Å². The van der Waals surface area contributed by atoms with Gasteiger partial charge in [0.05, 0.1) is 6.04 Å². The lowest BCUT2D eigenvalue weighted by atomic mass is 10.1. The van der Waals surface area contributed by atoms with Crippen LogP contribution in [0.25, 0.3) is 0 Å². The largest absolute Gasteiger partial charge is 0.235 e. The summed E-state index contributed by atoms with van der Waals surface area (Å²) in [7, 11) is 0. The van der Waals surface area contributed by atoms with E-state index in [9.17, 15) is 4.79 Å². The number of aliphatic imine (C=N–C) groups is 1. The average Bonchev–Trinajstić information content (AvgIpc) is 2.09. The number of halogens is 1. The maximum Gasteiger partial charge on any atom is 0.235 e. The van der Waals surface area contributed by atoms with Gasteiger partial charge < -0.3 is 0 Å². The Morgan fingerprint density at radius 3 is 2.62 bits per heavy atom. The molecule has 1 rings (SSSR count). The summed E-state index contributed by atoms with van der Waals surface area (Å²) < 4.78 is 1.06. The lowest BCUT2D eigenvalue weighted by Crippen LogP contribution is -2.01. The molecule has 0 N–H and O–H groups in total. The van der Waals surface area contributed by atoms with E-state index in [1.165, 1.54) is 5.56 Å². The van der Waals surface area contributed by atoms with Crippen molar-refractivity contribution in [1.82, 2.24) is 0 Å². The summed E-state index contributed by atoms with van der Waals surface area (Å²) in [5.74, 6) is 0. The van der Waals surface area contributed by atoms with Gasteiger partial charge in [-0.25, -0.2) is 9.79 Å². The molecule has 68 valence electrons. The first-order valence-corrected chi connectivity index (χ1v) is 4.83. The van der Waals surface area contributed by atoms with E-state index >= 15 is 0 Å². The van der Waals surface area contributed by atoms with Crippen molar-refractivity contribution in [3.8, 4) is 0 Å². The van der Waals surface area contributed by atoms with Gasteiger partial charge in [0.25, 0.3) is 0 Å². The second kappa shape index (κ2) is 4.95. The highest BCUT2D eigenvalue weighted by Crippen LogP contribution is 2.12. The summed E-state index contributed by atoms with van der Waals surface area (Å²) in [6.07, 6.45) is 2.35. The quantitative estimate of drug-likeness (QED) is 0.590. The van der Waals surface area contributed by atoms with Gasteiger partial charge in [0.1, 0.15) is 0 Å². The molecular formula is C10H10BrNO. The van der Waals surface area contributed by atoms with Gasteiger partial charge >= 0.3 is 0 Å². The Balaban J connectivity index is 2.64. The molecule has 0 bridgehead atoms. The highest BCUT2D eigenvalue weighted by molar-refractivity contribution is 9.10. The Bertz CT molecular complexity index is 314. The van der Waals surface area contributed by atoms with Gasteiger partial charge in [-0.1, -0.05) is 28.1 Å². The van der Waals surface area contributed by atoms with Crippen LogP contribution >= 0.6 is 15.9 Å². The van der Waals surface area contributed by atoms with Crippen molar-refractivity contribution < 1.29 is 4.79 Å². The first-order valence-electron chi connectivity index (χ1n) is 4.04. The molecule has 2 nitrogen and oxygen atoms in total. The van der Waals surface area contributed by atoms with E-state index in [0.29, 0.717) is 0 Å². The molecule has 13 heavy (non-hydrogen) atoms. The molecule has 1 aromatic carbocycles. The molecule has 0 aliphatic rings. The number of carbonyl (C=O) groups excluding carboxylic acids is 1. The molecule has 0 amide bonds. The maximum absolute atomic E-state index is 9.96. The summed E-state index contributed by atoms with van der Waals surface area (Å²) in [6.45, 7) is 1.90. The number of hydrogen-bond donors (Lipinski definition) is 0. The standard InChI is InChI=1S/C10H10BrNO/c1-8(12-7-13)6-9-2-4-10(11)5-3-9/h2-5,8H,6H2,1H3. The van der Waals surface area contributed by atoms with E-state index in [0.717, 1.165) is 10.9 Å². The highest BCUT2D eigenvalue weighted by Gasteiger charge is 2.00. The Kier molecular flexibility index (Phi) is 3.87. The van der Waals surface area contributed by atoms with E-state index in [4.69, 9.17) is 0 Å². The second-order valence-electron chi connectivity index (χ2n) is 2.90. The first-order chi connectivity index (χ1) is 6.22. The topological polar surface area (TPSA) is 29.4 Å². The zero-order valence-electron chi connectivity index (χ0n) is 7.33. The molecule has 0 radical (unpaired) electrons. The fourth-order valence-corrected chi connectivity index (χ4v) is 1.36. The van der Waals surface area contributed by atoms with Crippen LogP contribution in [0.3, 0.4) is 0 Å². The van der Waals surface area contributed by atoms with E-state index in [-0.39, 0.29) is 6.04 Å². The van der Waals surface area contributed by atoms with Crippen LogP contribution in [0.5, 0.6) is 0 Å². The zero-order chi connectivity index (χ0) is 9.68. The third-order valence-electron chi connectivity index (χ3n) is 1.72. The Hall–Kier alpha value is -0.920. The van der Waals surface area contributed by atoms with Crippen LogP contribution in [0.2, 0.25) is 0 Å². The van der Waals surface area contributed by atoms with Gasteiger partial charge in [0, 0.05) is 4.47 Å². The Labute approximate surface area is 85.8 Å². The van der Waals surface area contributed by atoms with Crippen LogP contribution in [0.1, 0.15) is 12.5 Å². The SMILES string of the molecule is CC(Cc1ccc(Br)cc1)N=C=O. The lowest BCUT2D eigenvalue weighted by molar-refractivity contribution is 0.558. The fraction of sp³-hybridized carbons (Fsp3) is 0.300. The number of benzene rings is 1. The minimum absolute atomic E-state index is 0.0127. The zero-order valence-corrected chi connectivity index (χ0v) is 8.91. The second-order valence-corrected chi connectivity index (χ2v) is 3.82. The van der Waals surface area contributed by atoms with Crippen molar-refractivity contribution in [2.24, 2.45) is 4.99 Å². The van der Waals surface area contributed by atoms with Crippen molar-refractivity contribution in [2.75, 3.05) is 0 Å². The Morgan fingerprint density at radius 1 is 1.46 bits per heavy atom. The monoisotopic (exact) mass is 239 g/mol. The highest BCUT2D eigenvalue weighted by atomic mass is 79.9. The average molecular weight is 240 g/mol. The van der Waals surface area contributed by atoms with E-state index in [1.807, 2.05) is 31.2 Å². The fourth-order valence-electron chi connectivity index (χ4n) is 1.10. The Morgan fingerprint density at radius 2 is 2.08 bits per heavy atom. The summed E-state index contributed by atoms with van der Waals surface area (Å²) >= 11 is 3.36. The summed E-state index contributed by atoms with van der Waals surface area (Å²) in [4.78, 5) is 13.6. The molecule has 0 heterocycles. The molecule has 1 aromatic rings. The lowest BCUT2D eigenvalue weighted by Gasteiger charge is -2.03. The van der Waals surface area contributed by atoms with Crippen LogP contribution in [0.15, 0.2) is 33.7 Å². The summed E-state index contributed by atoms with van der Waals surface area (Å²) in [6, 6.07) is 8.00. The van der Waals surface area contributed by atoms with Crippen LogP contribution < -0.4 is 0 Å². The molecule has 0 aliphatic carbocycles.